The lowest BCUT2D eigenvalue weighted by atomic mass is 10.1. The molecule has 1 amide bonds. The van der Waals surface area contributed by atoms with Crippen LogP contribution in [0.5, 0.6) is 0 Å². The van der Waals surface area contributed by atoms with E-state index in [0.29, 0.717) is 13.0 Å². The molecule has 0 radical (unpaired) electrons. The Morgan fingerprint density at radius 2 is 2.33 bits per heavy atom. The van der Waals surface area contributed by atoms with Gasteiger partial charge in [0, 0.05) is 11.1 Å². The van der Waals surface area contributed by atoms with E-state index in [1.165, 1.54) is 0 Å². The Labute approximate surface area is 115 Å². The van der Waals surface area contributed by atoms with Crippen molar-refractivity contribution in [3.05, 3.63) is 28.2 Å². The highest BCUT2D eigenvalue weighted by atomic mass is 79.9. The number of ether oxygens (including phenoxy) is 1. The molecule has 0 aromatic heterocycles. The molecule has 1 aliphatic heterocycles. The second-order valence-corrected chi connectivity index (χ2v) is 5.26. The molecule has 0 aliphatic carbocycles. The molecule has 2 rings (SSSR count). The lowest BCUT2D eigenvalue weighted by Gasteiger charge is -2.33. The van der Waals surface area contributed by atoms with Gasteiger partial charge in [0.25, 0.3) is 5.91 Å². The lowest BCUT2D eigenvalue weighted by molar-refractivity contribution is -0.129. The number of carbonyl (C=O) groups is 1. The fourth-order valence-corrected chi connectivity index (χ4v) is 2.71. The van der Waals surface area contributed by atoms with Crippen LogP contribution in [0, 0.1) is 6.92 Å². The van der Waals surface area contributed by atoms with Gasteiger partial charge in [-0.3, -0.25) is 4.79 Å². The van der Waals surface area contributed by atoms with Crippen molar-refractivity contribution in [3.63, 3.8) is 0 Å². The highest BCUT2D eigenvalue weighted by molar-refractivity contribution is 9.10. The number of carbonyl (C=O) groups excluding carboxylic acids is 1. The van der Waals surface area contributed by atoms with Crippen LogP contribution in [0.2, 0.25) is 0 Å². The zero-order valence-electron chi connectivity index (χ0n) is 10.2. The number of halogens is 1. The summed E-state index contributed by atoms with van der Waals surface area (Å²) in [5.41, 5.74) is 2.00. The summed E-state index contributed by atoms with van der Waals surface area (Å²) in [6.07, 6.45) is 0.452. The molecular formula is C13H16BrNO3. The minimum absolute atomic E-state index is 0.0475. The first-order valence-electron chi connectivity index (χ1n) is 5.91. The second kappa shape index (κ2) is 5.82. The number of hydrogen-bond acceptors (Lipinski definition) is 3. The number of aliphatic hydroxyl groups is 1. The summed E-state index contributed by atoms with van der Waals surface area (Å²) in [5, 5.41) is 8.94. The van der Waals surface area contributed by atoms with E-state index in [1.54, 1.807) is 4.90 Å². The van der Waals surface area contributed by atoms with E-state index in [9.17, 15) is 4.79 Å². The van der Waals surface area contributed by atoms with Crippen molar-refractivity contribution in [2.45, 2.75) is 19.4 Å². The maximum atomic E-state index is 11.9. The van der Waals surface area contributed by atoms with Crippen molar-refractivity contribution >= 4 is 27.5 Å². The molecule has 0 spiro atoms. The number of morpholine rings is 1. The standard InChI is InChI=1S/C13H16BrNO3/c1-9-2-3-12(11(14)6-9)15-7-10(4-5-16)18-8-13(15)17/h2-3,6,10,16H,4-5,7-8H2,1H3. The Balaban J connectivity index is 2.21. The molecule has 4 nitrogen and oxygen atoms in total. The van der Waals surface area contributed by atoms with Gasteiger partial charge in [-0.25, -0.2) is 0 Å². The van der Waals surface area contributed by atoms with Crippen LogP contribution in [0.1, 0.15) is 12.0 Å². The third-order valence-corrected chi connectivity index (χ3v) is 3.61. The molecule has 0 bridgehead atoms. The van der Waals surface area contributed by atoms with E-state index >= 15 is 0 Å². The Kier molecular flexibility index (Phi) is 4.37. The Bertz CT molecular complexity index is 450. The van der Waals surface area contributed by atoms with Crippen LogP contribution in [-0.4, -0.2) is 36.9 Å². The Morgan fingerprint density at radius 1 is 1.56 bits per heavy atom. The van der Waals surface area contributed by atoms with Crippen molar-refractivity contribution in [2.75, 3.05) is 24.7 Å². The number of aryl methyl sites for hydroxylation is 1. The average Bonchev–Trinajstić information content (AvgIpc) is 2.33. The number of aliphatic hydroxyl groups excluding tert-OH is 1. The first-order chi connectivity index (χ1) is 8.61. The van der Waals surface area contributed by atoms with E-state index in [1.807, 2.05) is 25.1 Å². The van der Waals surface area contributed by atoms with Crippen molar-refractivity contribution in [1.29, 1.82) is 0 Å². The maximum Gasteiger partial charge on any atom is 0.253 e. The summed E-state index contributed by atoms with van der Waals surface area (Å²) in [6, 6.07) is 5.89. The lowest BCUT2D eigenvalue weighted by Crippen LogP contribution is -2.47. The average molecular weight is 314 g/mol. The van der Waals surface area contributed by atoms with Crippen LogP contribution < -0.4 is 4.90 Å². The summed E-state index contributed by atoms with van der Waals surface area (Å²) in [6.45, 7) is 2.64. The maximum absolute atomic E-state index is 11.9. The summed E-state index contributed by atoms with van der Waals surface area (Å²) >= 11 is 3.48. The van der Waals surface area contributed by atoms with Gasteiger partial charge < -0.3 is 14.7 Å². The molecule has 18 heavy (non-hydrogen) atoms. The predicted molar refractivity (Wildman–Crippen MR) is 72.7 cm³/mol. The first-order valence-corrected chi connectivity index (χ1v) is 6.70. The summed E-state index contributed by atoms with van der Waals surface area (Å²) < 4.78 is 6.28. The van der Waals surface area contributed by atoms with E-state index in [4.69, 9.17) is 9.84 Å². The van der Waals surface area contributed by atoms with Crippen molar-refractivity contribution < 1.29 is 14.6 Å². The fraction of sp³-hybridized carbons (Fsp3) is 0.462. The van der Waals surface area contributed by atoms with Gasteiger partial charge in [-0.1, -0.05) is 6.07 Å². The van der Waals surface area contributed by atoms with Crippen LogP contribution in [0.25, 0.3) is 0 Å². The van der Waals surface area contributed by atoms with Crippen LogP contribution in [0.15, 0.2) is 22.7 Å². The van der Waals surface area contributed by atoms with E-state index in [2.05, 4.69) is 15.9 Å². The molecule has 1 N–H and O–H groups in total. The van der Waals surface area contributed by atoms with Gasteiger partial charge >= 0.3 is 0 Å². The largest absolute Gasteiger partial charge is 0.396 e. The van der Waals surface area contributed by atoms with Crippen LogP contribution in [-0.2, 0) is 9.53 Å². The topological polar surface area (TPSA) is 49.8 Å². The molecule has 1 unspecified atom stereocenters. The van der Waals surface area contributed by atoms with Crippen molar-refractivity contribution in [2.24, 2.45) is 0 Å². The molecule has 1 aromatic rings. The molecule has 1 fully saturated rings. The Morgan fingerprint density at radius 3 is 3.00 bits per heavy atom. The van der Waals surface area contributed by atoms with E-state index in [-0.39, 0.29) is 25.2 Å². The van der Waals surface area contributed by atoms with Crippen LogP contribution in [0.4, 0.5) is 5.69 Å². The quantitative estimate of drug-likeness (QED) is 0.927. The van der Waals surface area contributed by atoms with Gasteiger partial charge in [-0.15, -0.1) is 0 Å². The predicted octanol–water partition coefficient (Wildman–Crippen LogP) is 1.87. The van der Waals surface area contributed by atoms with Gasteiger partial charge in [-0.2, -0.15) is 0 Å². The summed E-state index contributed by atoms with van der Waals surface area (Å²) in [7, 11) is 0. The number of nitrogens with zero attached hydrogens (tertiary/aromatic N) is 1. The second-order valence-electron chi connectivity index (χ2n) is 4.40. The van der Waals surface area contributed by atoms with E-state index < -0.39 is 0 Å². The first kappa shape index (κ1) is 13.5. The van der Waals surface area contributed by atoms with Gasteiger partial charge in [0.05, 0.1) is 18.3 Å². The van der Waals surface area contributed by atoms with Gasteiger partial charge in [-0.05, 0) is 47.0 Å². The molecular weight excluding hydrogens is 298 g/mol. The third kappa shape index (κ3) is 2.91. The summed E-state index contributed by atoms with van der Waals surface area (Å²) in [5.74, 6) is -0.0475. The van der Waals surface area contributed by atoms with Gasteiger partial charge in [0.15, 0.2) is 0 Å². The van der Waals surface area contributed by atoms with E-state index in [0.717, 1.165) is 15.7 Å². The van der Waals surface area contributed by atoms with Crippen molar-refractivity contribution in [1.82, 2.24) is 0 Å². The molecule has 98 valence electrons. The smallest absolute Gasteiger partial charge is 0.253 e. The van der Waals surface area contributed by atoms with Crippen molar-refractivity contribution in [3.8, 4) is 0 Å². The Hall–Kier alpha value is -0.910. The highest BCUT2D eigenvalue weighted by Gasteiger charge is 2.28. The molecule has 1 aromatic carbocycles. The number of benzene rings is 1. The number of rotatable bonds is 3. The third-order valence-electron chi connectivity index (χ3n) is 2.97. The SMILES string of the molecule is Cc1ccc(N2CC(CCO)OCC2=O)c(Br)c1. The number of amides is 1. The molecule has 5 heteroatoms. The molecule has 1 heterocycles. The van der Waals surface area contributed by atoms with Crippen LogP contribution in [0.3, 0.4) is 0 Å². The molecule has 0 saturated carbocycles. The number of hydrogen-bond donors (Lipinski definition) is 1. The molecule has 1 atom stereocenters. The summed E-state index contributed by atoms with van der Waals surface area (Å²) in [4.78, 5) is 13.6. The van der Waals surface area contributed by atoms with Crippen LogP contribution >= 0.6 is 15.9 Å². The normalized spacial score (nSPS) is 20.3. The number of anilines is 1. The monoisotopic (exact) mass is 313 g/mol. The van der Waals surface area contributed by atoms with Gasteiger partial charge in [0.2, 0.25) is 0 Å². The van der Waals surface area contributed by atoms with Gasteiger partial charge in [0.1, 0.15) is 6.61 Å². The zero-order valence-corrected chi connectivity index (χ0v) is 11.8. The minimum Gasteiger partial charge on any atom is -0.396 e. The minimum atomic E-state index is -0.0964. The highest BCUT2D eigenvalue weighted by Crippen LogP contribution is 2.29. The molecule has 1 saturated heterocycles. The zero-order chi connectivity index (χ0) is 13.1. The molecule has 1 aliphatic rings. The fourth-order valence-electron chi connectivity index (χ4n) is 2.01.